The van der Waals surface area contributed by atoms with Crippen LogP contribution in [0.15, 0.2) is 53.5 Å². The van der Waals surface area contributed by atoms with Gasteiger partial charge >= 0.3 is 24.2 Å². The highest BCUT2D eigenvalue weighted by Crippen LogP contribution is 2.39. The van der Waals surface area contributed by atoms with E-state index in [-0.39, 0.29) is 45.1 Å². The normalized spacial score (nSPS) is 13.9. The smallest absolute Gasteiger partial charge is 0.417 e. The molecule has 3 amide bonds. The summed E-state index contributed by atoms with van der Waals surface area (Å²) in [5.74, 6) is -0.487. The highest BCUT2D eigenvalue weighted by atomic mass is 19.1. The molecule has 0 spiro atoms. The molecular formula is C44H67FN4O10. The third-order valence-electron chi connectivity index (χ3n) is 8.50. The minimum absolute atomic E-state index is 0.0175. The molecule has 59 heavy (non-hydrogen) atoms. The summed E-state index contributed by atoms with van der Waals surface area (Å²) in [5.41, 5.74) is -4.00. The quantitative estimate of drug-likeness (QED) is 0.0768. The zero-order valence-electron chi connectivity index (χ0n) is 37.5. The van der Waals surface area contributed by atoms with Crippen molar-refractivity contribution in [1.29, 1.82) is 0 Å². The lowest BCUT2D eigenvalue weighted by Crippen LogP contribution is -2.65. The van der Waals surface area contributed by atoms with Crippen LogP contribution < -0.4 is 20.1 Å². The summed E-state index contributed by atoms with van der Waals surface area (Å²) in [5, 5.41) is 5.57. The van der Waals surface area contributed by atoms with Crippen molar-refractivity contribution < 1.29 is 52.0 Å². The first-order valence-electron chi connectivity index (χ1n) is 19.8. The first-order valence-corrected chi connectivity index (χ1v) is 19.8. The van der Waals surface area contributed by atoms with E-state index in [4.69, 9.17) is 33.4 Å². The number of carbonyl (C=O) groups is 4. The monoisotopic (exact) mass is 830 g/mol. The van der Waals surface area contributed by atoms with Crippen LogP contribution in [0.3, 0.4) is 0 Å². The van der Waals surface area contributed by atoms with E-state index in [0.29, 0.717) is 11.5 Å². The van der Waals surface area contributed by atoms with Crippen molar-refractivity contribution in [1.82, 2.24) is 15.5 Å². The lowest BCUT2D eigenvalue weighted by atomic mass is 9.68. The number of hydrogen-bond acceptors (Lipinski definition) is 11. The topological polar surface area (TPSA) is 163 Å². The van der Waals surface area contributed by atoms with Gasteiger partial charge in [0.2, 0.25) is 5.96 Å². The van der Waals surface area contributed by atoms with E-state index in [0.717, 1.165) is 11.1 Å². The van der Waals surface area contributed by atoms with Crippen LogP contribution >= 0.6 is 0 Å². The van der Waals surface area contributed by atoms with Crippen LogP contribution in [-0.2, 0) is 36.7 Å². The second-order valence-electron chi connectivity index (χ2n) is 18.2. The van der Waals surface area contributed by atoms with E-state index in [1.807, 2.05) is 0 Å². The molecule has 14 nitrogen and oxygen atoms in total. The van der Waals surface area contributed by atoms with Crippen LogP contribution in [-0.4, -0.2) is 91.0 Å². The summed E-state index contributed by atoms with van der Waals surface area (Å²) < 4.78 is 46.5. The highest BCUT2D eigenvalue weighted by molar-refractivity contribution is 6.01. The van der Waals surface area contributed by atoms with E-state index >= 15 is 0 Å². The van der Waals surface area contributed by atoms with E-state index in [1.54, 1.807) is 146 Å². The Bertz CT molecular complexity index is 1710. The predicted molar refractivity (Wildman–Crippen MR) is 224 cm³/mol. The molecule has 2 atom stereocenters. The van der Waals surface area contributed by atoms with E-state index in [1.165, 1.54) is 4.90 Å². The number of amides is 3. The molecule has 15 heteroatoms. The Labute approximate surface area is 349 Å². The summed E-state index contributed by atoms with van der Waals surface area (Å²) in [6.45, 7) is 21.5. The molecule has 0 aliphatic carbocycles. The maximum absolute atomic E-state index is 14.4. The molecule has 0 aromatic heterocycles. The Hall–Kier alpha value is -5.08. The van der Waals surface area contributed by atoms with Gasteiger partial charge in [-0.05, 0) is 129 Å². The number of rotatable bonds is 15. The maximum Gasteiger partial charge on any atom is 0.417 e. The molecule has 0 aliphatic heterocycles. The third kappa shape index (κ3) is 17.4. The van der Waals surface area contributed by atoms with Gasteiger partial charge < -0.3 is 33.7 Å². The molecule has 0 bridgehead atoms. The first-order chi connectivity index (χ1) is 27.2. The van der Waals surface area contributed by atoms with Gasteiger partial charge in [0.25, 0.3) is 0 Å². The van der Waals surface area contributed by atoms with Gasteiger partial charge in [0.15, 0.2) is 0 Å². The number of alkyl halides is 1. The van der Waals surface area contributed by atoms with Crippen LogP contribution in [0.1, 0.15) is 108 Å². The van der Waals surface area contributed by atoms with Gasteiger partial charge in [-0.15, -0.1) is 0 Å². The summed E-state index contributed by atoms with van der Waals surface area (Å²) in [6.07, 6.45) is -2.44. The Balaban J connectivity index is 2.92. The molecule has 0 saturated carbocycles. The fourth-order valence-electron chi connectivity index (χ4n) is 5.87. The van der Waals surface area contributed by atoms with Gasteiger partial charge in [-0.1, -0.05) is 45.0 Å². The van der Waals surface area contributed by atoms with Crippen LogP contribution in [0, 0.1) is 11.3 Å². The van der Waals surface area contributed by atoms with Crippen LogP contribution in [0.2, 0.25) is 0 Å². The van der Waals surface area contributed by atoms with Crippen molar-refractivity contribution >= 4 is 30.2 Å². The number of carbonyl (C=O) groups excluding carboxylic acids is 4. The van der Waals surface area contributed by atoms with Crippen LogP contribution in [0.25, 0.3) is 0 Å². The number of alkyl carbamates (subject to hydrolysis) is 2. The van der Waals surface area contributed by atoms with Crippen molar-refractivity contribution in [2.75, 3.05) is 33.5 Å². The van der Waals surface area contributed by atoms with Crippen molar-refractivity contribution in [2.45, 2.75) is 132 Å². The molecule has 0 saturated heterocycles. The molecule has 0 fully saturated rings. The number of esters is 1. The molecule has 330 valence electrons. The Kier molecular flexibility index (Phi) is 18.0. The predicted octanol–water partition coefficient (Wildman–Crippen LogP) is 8.78. The first kappa shape index (κ1) is 50.1. The zero-order chi connectivity index (χ0) is 44.8. The Morgan fingerprint density at radius 3 is 1.76 bits per heavy atom. The van der Waals surface area contributed by atoms with Gasteiger partial charge in [-0.2, -0.15) is 0 Å². The molecule has 0 radical (unpaired) electrons. The molecule has 0 heterocycles. The van der Waals surface area contributed by atoms with Crippen molar-refractivity contribution in [3.05, 3.63) is 59.7 Å². The third-order valence-corrected chi connectivity index (χ3v) is 8.50. The standard InChI is InChI=1S/C44H67FN4O10/c1-15-55-35(50)44(40(2,3)4,48-38(52)58-42(8,9)10)27-32(26-30-16-22-34(23-17-30)56-25-24-45)29-49(39(53)59-43(11,12)13)36(47-37(51)57-41(5,6)7)46-28-31-18-20-33(54-14)21-19-31/h16-23,32H,15,24-29H2,1-14H3,(H,48,52)(H,46,47,51)/t32-,44+/m0/s1. The van der Waals surface area contributed by atoms with E-state index < -0.39 is 64.6 Å². The van der Waals surface area contributed by atoms with Crippen molar-refractivity contribution in [2.24, 2.45) is 16.3 Å². The number of halogens is 1. The zero-order valence-corrected chi connectivity index (χ0v) is 37.5. The lowest BCUT2D eigenvalue weighted by Gasteiger charge is -2.45. The summed E-state index contributed by atoms with van der Waals surface area (Å²) >= 11 is 0. The highest BCUT2D eigenvalue weighted by Gasteiger charge is 2.53. The van der Waals surface area contributed by atoms with E-state index in [2.05, 4.69) is 10.6 Å². The van der Waals surface area contributed by atoms with E-state index in [9.17, 15) is 23.6 Å². The molecule has 0 aliphatic rings. The number of guanidine groups is 1. The minimum Gasteiger partial charge on any atom is -0.497 e. The molecule has 2 aromatic carbocycles. The molecular weight excluding hydrogens is 763 g/mol. The van der Waals surface area contributed by atoms with Gasteiger partial charge in [-0.25, -0.2) is 33.5 Å². The number of hydrogen-bond donors (Lipinski definition) is 2. The fraction of sp³-hybridized carbons (Fsp3) is 0.614. The number of nitrogens with zero attached hydrogens (tertiary/aromatic N) is 2. The second-order valence-corrected chi connectivity index (χ2v) is 18.2. The largest absolute Gasteiger partial charge is 0.497 e. The van der Waals surface area contributed by atoms with Gasteiger partial charge in [-0.3, -0.25) is 5.32 Å². The van der Waals surface area contributed by atoms with Crippen LogP contribution in [0.4, 0.5) is 18.8 Å². The van der Waals surface area contributed by atoms with Crippen LogP contribution in [0.5, 0.6) is 11.5 Å². The Morgan fingerprint density at radius 1 is 0.746 bits per heavy atom. The summed E-state index contributed by atoms with van der Waals surface area (Å²) in [4.78, 5) is 61.7. The van der Waals surface area contributed by atoms with Gasteiger partial charge in [0, 0.05) is 6.54 Å². The molecule has 2 N–H and O–H groups in total. The lowest BCUT2D eigenvalue weighted by molar-refractivity contribution is -0.158. The average molecular weight is 831 g/mol. The minimum atomic E-state index is -1.72. The number of aliphatic imine (C=N–C) groups is 1. The van der Waals surface area contributed by atoms with Crippen molar-refractivity contribution in [3.63, 3.8) is 0 Å². The average Bonchev–Trinajstić information content (AvgIpc) is 3.09. The number of nitrogens with one attached hydrogen (secondary N) is 2. The van der Waals surface area contributed by atoms with Gasteiger partial charge in [0.1, 0.15) is 47.1 Å². The molecule has 2 aromatic rings. The van der Waals surface area contributed by atoms with Gasteiger partial charge in [0.05, 0.1) is 20.3 Å². The fourth-order valence-corrected chi connectivity index (χ4v) is 5.87. The number of methoxy groups -OCH3 is 1. The molecule has 2 rings (SSSR count). The molecule has 0 unspecified atom stereocenters. The summed E-state index contributed by atoms with van der Waals surface area (Å²) in [6, 6.07) is 14.1. The maximum atomic E-state index is 14.4. The van der Waals surface area contributed by atoms with Crippen molar-refractivity contribution in [3.8, 4) is 11.5 Å². The number of ether oxygens (including phenoxy) is 6. The summed E-state index contributed by atoms with van der Waals surface area (Å²) in [7, 11) is 1.55. The Morgan fingerprint density at radius 2 is 1.27 bits per heavy atom. The SMILES string of the molecule is CCOC(=O)[C@@](C[C@H](Cc1ccc(OCCF)cc1)CN(C(=O)OC(C)(C)C)C(=NCc1ccc(OC)cc1)NC(=O)OC(C)(C)C)(NC(=O)OC(C)(C)C)C(C)(C)C. The second kappa shape index (κ2) is 21.3. The number of benzene rings is 2.